The molecule has 1 unspecified atom stereocenters. The van der Waals surface area contributed by atoms with E-state index in [-0.39, 0.29) is 31.4 Å². The molecule has 3 aromatic rings. The van der Waals surface area contributed by atoms with Gasteiger partial charge in [0.25, 0.3) is 11.8 Å². The Morgan fingerprint density at radius 1 is 0.977 bits per heavy atom. The van der Waals surface area contributed by atoms with Gasteiger partial charge in [0, 0.05) is 32.6 Å². The van der Waals surface area contributed by atoms with Gasteiger partial charge >= 0.3 is 0 Å². The van der Waals surface area contributed by atoms with E-state index in [1.165, 1.54) is 27.6 Å². The quantitative estimate of drug-likeness (QED) is 0.391. The van der Waals surface area contributed by atoms with Gasteiger partial charge in [0.15, 0.2) is 11.5 Å². The number of hydrogen-bond acceptors (Lipinski definition) is 7. The number of morpholine rings is 1. The molecule has 43 heavy (non-hydrogen) atoms. The highest BCUT2D eigenvalue weighted by atomic mass is 19.1. The molecule has 2 amide bonds. The summed E-state index contributed by atoms with van der Waals surface area (Å²) in [5.41, 5.74) is 4.81. The van der Waals surface area contributed by atoms with Crippen molar-refractivity contribution in [1.29, 1.82) is 0 Å². The van der Waals surface area contributed by atoms with Crippen molar-refractivity contribution in [3.8, 4) is 11.5 Å². The monoisotopic (exact) mass is 586 g/mol. The first kappa shape index (κ1) is 28.8. The lowest BCUT2D eigenvalue weighted by Crippen LogP contribution is -2.46. The molecule has 3 aliphatic heterocycles. The standard InChI is InChI=1S/C33H35FN4O5/c1-22-7-8-24(17-23(22)2)28-19-29(25-9-10-30-31(18-25)43-21-42-30)38(35-28)32(39)20-37(12-11-36-13-15-41-16-14-36)33(40)26-5-3-4-6-27(26)34/h3-10,17-18,29H,11-16,19-21H2,1-2H3. The Labute approximate surface area is 250 Å². The third kappa shape index (κ3) is 6.25. The van der Waals surface area contributed by atoms with Crippen molar-refractivity contribution in [3.63, 3.8) is 0 Å². The van der Waals surface area contributed by atoms with Gasteiger partial charge in [0.05, 0.1) is 30.5 Å². The summed E-state index contributed by atoms with van der Waals surface area (Å²) < 4.78 is 31.3. The molecule has 0 bridgehead atoms. The highest BCUT2D eigenvalue weighted by Crippen LogP contribution is 2.39. The van der Waals surface area contributed by atoms with Crippen LogP contribution in [0.1, 0.15) is 45.1 Å². The maximum Gasteiger partial charge on any atom is 0.262 e. The molecule has 224 valence electrons. The van der Waals surface area contributed by atoms with Crippen molar-refractivity contribution in [2.24, 2.45) is 5.10 Å². The van der Waals surface area contributed by atoms with Gasteiger partial charge in [-0.2, -0.15) is 5.10 Å². The lowest BCUT2D eigenvalue weighted by molar-refractivity contribution is -0.133. The minimum Gasteiger partial charge on any atom is -0.454 e. The van der Waals surface area contributed by atoms with Crippen LogP contribution in [0.15, 0.2) is 65.8 Å². The smallest absolute Gasteiger partial charge is 0.262 e. The Morgan fingerprint density at radius 2 is 1.77 bits per heavy atom. The van der Waals surface area contributed by atoms with Crippen molar-refractivity contribution >= 4 is 17.5 Å². The van der Waals surface area contributed by atoms with E-state index >= 15 is 0 Å². The van der Waals surface area contributed by atoms with E-state index in [9.17, 15) is 14.0 Å². The van der Waals surface area contributed by atoms with Crippen LogP contribution in [-0.2, 0) is 9.53 Å². The van der Waals surface area contributed by atoms with E-state index in [1.807, 2.05) is 37.3 Å². The van der Waals surface area contributed by atoms with Crippen molar-refractivity contribution in [2.45, 2.75) is 26.3 Å². The number of carbonyl (C=O) groups is 2. The van der Waals surface area contributed by atoms with Crippen LogP contribution in [0.4, 0.5) is 4.39 Å². The molecule has 0 aliphatic carbocycles. The van der Waals surface area contributed by atoms with Crippen LogP contribution in [0, 0.1) is 19.7 Å². The molecule has 0 spiro atoms. The average Bonchev–Trinajstić information content (AvgIpc) is 3.68. The predicted octanol–water partition coefficient (Wildman–Crippen LogP) is 4.32. The van der Waals surface area contributed by atoms with E-state index < -0.39 is 17.8 Å². The normalized spacial score (nSPS) is 18.1. The predicted molar refractivity (Wildman–Crippen MR) is 159 cm³/mol. The second-order valence-corrected chi connectivity index (χ2v) is 11.1. The number of benzene rings is 3. The number of hydrogen-bond donors (Lipinski definition) is 0. The molecular formula is C33H35FN4O5. The molecule has 1 atom stereocenters. The van der Waals surface area contributed by atoms with Crippen LogP contribution in [0.2, 0.25) is 0 Å². The highest BCUT2D eigenvalue weighted by molar-refractivity contribution is 6.04. The second kappa shape index (κ2) is 12.5. The van der Waals surface area contributed by atoms with E-state index in [1.54, 1.807) is 12.1 Å². The summed E-state index contributed by atoms with van der Waals surface area (Å²) in [6, 6.07) is 17.2. The molecule has 6 rings (SSSR count). The maximum atomic E-state index is 14.7. The Balaban J connectivity index is 1.30. The zero-order valence-corrected chi connectivity index (χ0v) is 24.4. The first-order valence-corrected chi connectivity index (χ1v) is 14.6. The fraction of sp³-hybridized carbons (Fsp3) is 0.364. The minimum atomic E-state index is -0.620. The van der Waals surface area contributed by atoms with Gasteiger partial charge < -0.3 is 19.1 Å². The Kier molecular flexibility index (Phi) is 8.40. The molecule has 10 heteroatoms. The Morgan fingerprint density at radius 3 is 2.56 bits per heavy atom. The van der Waals surface area contributed by atoms with Crippen LogP contribution in [-0.4, -0.2) is 85.1 Å². The number of hydrazone groups is 1. The minimum absolute atomic E-state index is 0.0645. The number of amides is 2. The van der Waals surface area contributed by atoms with Gasteiger partial charge in [0.1, 0.15) is 12.4 Å². The largest absolute Gasteiger partial charge is 0.454 e. The molecule has 1 fully saturated rings. The van der Waals surface area contributed by atoms with E-state index in [0.29, 0.717) is 37.7 Å². The topological polar surface area (TPSA) is 83.9 Å². The van der Waals surface area contributed by atoms with Crippen LogP contribution in [0.25, 0.3) is 0 Å². The van der Waals surface area contributed by atoms with Crippen LogP contribution in [0.5, 0.6) is 11.5 Å². The number of fused-ring (bicyclic) bond motifs is 1. The van der Waals surface area contributed by atoms with Crippen molar-refractivity contribution in [1.82, 2.24) is 14.8 Å². The molecule has 0 saturated carbocycles. The second-order valence-electron chi connectivity index (χ2n) is 11.1. The SMILES string of the molecule is Cc1ccc(C2=NN(C(=O)CN(CCN3CCOCC3)C(=O)c3ccccc3F)C(c3ccc4c(c3)OCO4)C2)cc1C. The maximum absolute atomic E-state index is 14.7. The zero-order chi connectivity index (χ0) is 29.9. The average molecular weight is 587 g/mol. The first-order valence-electron chi connectivity index (χ1n) is 14.6. The van der Waals surface area contributed by atoms with Crippen molar-refractivity contribution < 1.29 is 28.2 Å². The summed E-state index contributed by atoms with van der Waals surface area (Å²) in [4.78, 5) is 31.3. The fourth-order valence-electron chi connectivity index (χ4n) is 5.60. The summed E-state index contributed by atoms with van der Waals surface area (Å²) >= 11 is 0. The van der Waals surface area contributed by atoms with E-state index in [2.05, 4.69) is 17.9 Å². The summed E-state index contributed by atoms with van der Waals surface area (Å²) in [7, 11) is 0. The molecule has 0 N–H and O–H groups in total. The molecule has 9 nitrogen and oxygen atoms in total. The molecular weight excluding hydrogens is 551 g/mol. The summed E-state index contributed by atoms with van der Waals surface area (Å²) in [6.07, 6.45) is 0.489. The number of ether oxygens (including phenoxy) is 3. The van der Waals surface area contributed by atoms with E-state index in [0.717, 1.165) is 35.5 Å². The van der Waals surface area contributed by atoms with Gasteiger partial charge in [-0.25, -0.2) is 9.40 Å². The Bertz CT molecular complexity index is 1550. The number of halogens is 1. The highest BCUT2D eigenvalue weighted by Gasteiger charge is 2.36. The van der Waals surface area contributed by atoms with Gasteiger partial charge in [-0.05, 0) is 66.4 Å². The van der Waals surface area contributed by atoms with Gasteiger partial charge in [-0.3, -0.25) is 14.5 Å². The summed E-state index contributed by atoms with van der Waals surface area (Å²) in [5, 5.41) is 6.29. The number of rotatable bonds is 8. The fourth-order valence-corrected chi connectivity index (χ4v) is 5.60. The number of carbonyl (C=O) groups excluding carboxylic acids is 2. The third-order valence-corrected chi connectivity index (χ3v) is 8.29. The van der Waals surface area contributed by atoms with Crippen LogP contribution >= 0.6 is 0 Å². The lowest BCUT2D eigenvalue weighted by Gasteiger charge is -2.31. The summed E-state index contributed by atoms with van der Waals surface area (Å²) in [5.74, 6) is -0.234. The van der Waals surface area contributed by atoms with Crippen molar-refractivity contribution in [2.75, 3.05) is 52.7 Å². The van der Waals surface area contributed by atoms with Crippen molar-refractivity contribution in [3.05, 3.63) is 94.3 Å². The van der Waals surface area contributed by atoms with Gasteiger partial charge in [-0.1, -0.05) is 30.3 Å². The molecule has 3 aliphatic rings. The number of nitrogens with zero attached hydrogens (tertiary/aromatic N) is 4. The Hall–Kier alpha value is -4.28. The van der Waals surface area contributed by atoms with Gasteiger partial charge in [-0.15, -0.1) is 0 Å². The lowest BCUT2D eigenvalue weighted by atomic mass is 9.96. The molecule has 3 heterocycles. The zero-order valence-electron chi connectivity index (χ0n) is 24.4. The molecule has 1 saturated heterocycles. The first-order chi connectivity index (χ1) is 20.9. The van der Waals surface area contributed by atoms with Gasteiger partial charge in [0.2, 0.25) is 6.79 Å². The number of aryl methyl sites for hydroxylation is 2. The molecule has 0 aromatic heterocycles. The summed E-state index contributed by atoms with van der Waals surface area (Å²) in [6.45, 7) is 7.49. The molecule has 0 radical (unpaired) electrons. The van der Waals surface area contributed by atoms with Crippen LogP contribution < -0.4 is 9.47 Å². The van der Waals surface area contributed by atoms with E-state index in [4.69, 9.17) is 19.3 Å². The third-order valence-electron chi connectivity index (χ3n) is 8.29. The van der Waals surface area contributed by atoms with Crippen LogP contribution in [0.3, 0.4) is 0 Å². The molecule has 3 aromatic carbocycles.